The van der Waals surface area contributed by atoms with Crippen molar-refractivity contribution in [3.8, 4) is 0 Å². The number of alkyl halides is 3. The van der Waals surface area contributed by atoms with Gasteiger partial charge >= 0.3 is 6.18 Å². The van der Waals surface area contributed by atoms with E-state index in [1.165, 1.54) is 0 Å². The first kappa shape index (κ1) is 16.5. The highest BCUT2D eigenvalue weighted by atomic mass is 35.5. The predicted molar refractivity (Wildman–Crippen MR) is 73.1 cm³/mol. The minimum Gasteiger partial charge on any atom is -0.349 e. The van der Waals surface area contributed by atoms with Crippen LogP contribution in [0.15, 0.2) is 12.3 Å². The van der Waals surface area contributed by atoms with Gasteiger partial charge < -0.3 is 11.1 Å². The average molecular weight is 336 g/mol. The molecule has 2 aromatic heterocycles. The van der Waals surface area contributed by atoms with Crippen molar-refractivity contribution in [2.24, 2.45) is 11.7 Å². The van der Waals surface area contributed by atoms with Crippen LogP contribution in [0, 0.1) is 5.92 Å². The Kier molecular flexibility index (Phi) is 4.57. The van der Waals surface area contributed by atoms with Crippen LogP contribution in [0.4, 0.5) is 13.2 Å². The molecule has 1 atom stereocenters. The van der Waals surface area contributed by atoms with Crippen molar-refractivity contribution in [3.05, 3.63) is 28.7 Å². The lowest BCUT2D eigenvalue weighted by molar-refractivity contribution is -0.137. The molecule has 2 aromatic rings. The second-order valence-electron chi connectivity index (χ2n) is 4.74. The van der Waals surface area contributed by atoms with Crippen LogP contribution in [0.5, 0.6) is 0 Å². The highest BCUT2D eigenvalue weighted by Crippen LogP contribution is 2.32. The summed E-state index contributed by atoms with van der Waals surface area (Å²) >= 11 is 5.79. The van der Waals surface area contributed by atoms with E-state index in [-0.39, 0.29) is 35.5 Å². The third kappa shape index (κ3) is 3.30. The van der Waals surface area contributed by atoms with Crippen molar-refractivity contribution in [2.75, 3.05) is 6.54 Å². The van der Waals surface area contributed by atoms with E-state index in [9.17, 15) is 18.0 Å². The third-order valence-electron chi connectivity index (χ3n) is 3.08. The molecule has 0 saturated heterocycles. The molecule has 0 spiro atoms. The number of hydrogen-bond donors (Lipinski definition) is 2. The zero-order valence-corrected chi connectivity index (χ0v) is 12.2. The normalized spacial score (nSPS) is 13.4. The summed E-state index contributed by atoms with van der Waals surface area (Å²) in [7, 11) is 0. The van der Waals surface area contributed by atoms with Crippen LogP contribution < -0.4 is 11.1 Å². The predicted octanol–water partition coefficient (Wildman–Crippen LogP) is 1.61. The lowest BCUT2D eigenvalue weighted by Crippen LogP contribution is -2.33. The topological polar surface area (TPSA) is 85.3 Å². The molecule has 120 valence electrons. The number of carbonyl (C=O) groups is 1. The minimum absolute atomic E-state index is 0.0814. The largest absolute Gasteiger partial charge is 0.417 e. The Bertz CT molecular complexity index is 700. The number of amides is 1. The van der Waals surface area contributed by atoms with Gasteiger partial charge in [0.05, 0.1) is 17.1 Å². The number of nitrogens with zero attached hydrogens (tertiary/aromatic N) is 3. The quantitative estimate of drug-likeness (QED) is 0.889. The van der Waals surface area contributed by atoms with Crippen LogP contribution in [0.25, 0.3) is 5.65 Å². The van der Waals surface area contributed by atoms with Gasteiger partial charge in [-0.2, -0.15) is 13.2 Å². The molecule has 0 aliphatic carbocycles. The van der Waals surface area contributed by atoms with E-state index >= 15 is 0 Å². The van der Waals surface area contributed by atoms with Gasteiger partial charge in [0.2, 0.25) is 5.91 Å². The summed E-state index contributed by atoms with van der Waals surface area (Å²) in [4.78, 5) is 11.6. The number of nitrogens with one attached hydrogen (secondary N) is 1. The lowest BCUT2D eigenvalue weighted by Gasteiger charge is -2.10. The Morgan fingerprint density at radius 1 is 1.50 bits per heavy atom. The van der Waals surface area contributed by atoms with E-state index in [0.29, 0.717) is 0 Å². The van der Waals surface area contributed by atoms with Crippen molar-refractivity contribution >= 4 is 23.2 Å². The molecule has 10 heteroatoms. The van der Waals surface area contributed by atoms with Crippen LogP contribution >= 0.6 is 11.6 Å². The molecule has 0 aliphatic rings. The second kappa shape index (κ2) is 6.09. The molecular formula is C12H13ClF3N5O. The second-order valence-corrected chi connectivity index (χ2v) is 5.15. The molecule has 0 radical (unpaired) electrons. The van der Waals surface area contributed by atoms with E-state index < -0.39 is 17.7 Å². The summed E-state index contributed by atoms with van der Waals surface area (Å²) in [6.07, 6.45) is -3.70. The van der Waals surface area contributed by atoms with Gasteiger partial charge in [0.1, 0.15) is 0 Å². The van der Waals surface area contributed by atoms with E-state index in [2.05, 4.69) is 15.5 Å². The zero-order chi connectivity index (χ0) is 16.5. The van der Waals surface area contributed by atoms with Crippen molar-refractivity contribution in [3.63, 3.8) is 0 Å². The van der Waals surface area contributed by atoms with Gasteiger partial charge in [0.25, 0.3) is 0 Å². The lowest BCUT2D eigenvalue weighted by atomic mass is 10.2. The molecule has 0 aliphatic heterocycles. The number of carbonyl (C=O) groups excluding carboxylic acids is 1. The minimum atomic E-state index is -4.54. The molecule has 2 rings (SSSR count). The number of rotatable bonds is 4. The standard InChI is InChI=1S/C12H13ClF3N5O/c1-6(3-17)11(22)18-4-9-19-20-10-8(13)2-7(5-21(9)10)12(14,15)16/h2,5-6H,3-4,17H2,1H3,(H,18,22). The summed E-state index contributed by atoms with van der Waals surface area (Å²) < 4.78 is 39.5. The Balaban J connectivity index is 2.32. The average Bonchev–Trinajstić information content (AvgIpc) is 2.86. The van der Waals surface area contributed by atoms with Gasteiger partial charge in [-0.15, -0.1) is 10.2 Å². The molecule has 3 N–H and O–H groups in total. The molecule has 22 heavy (non-hydrogen) atoms. The van der Waals surface area contributed by atoms with Crippen LogP contribution in [0.3, 0.4) is 0 Å². The first-order chi connectivity index (χ1) is 10.2. The summed E-state index contributed by atoms with van der Waals surface area (Å²) in [5, 5.41) is 9.84. The number of nitrogens with two attached hydrogens (primary N) is 1. The third-order valence-corrected chi connectivity index (χ3v) is 3.36. The van der Waals surface area contributed by atoms with Crippen LogP contribution in [-0.4, -0.2) is 27.0 Å². The molecular weight excluding hydrogens is 323 g/mol. The fourth-order valence-electron chi connectivity index (χ4n) is 1.72. The van der Waals surface area contributed by atoms with Gasteiger partial charge in [-0.3, -0.25) is 9.20 Å². The Labute approximate surface area is 128 Å². The zero-order valence-electron chi connectivity index (χ0n) is 11.5. The molecule has 0 fully saturated rings. The molecule has 6 nitrogen and oxygen atoms in total. The maximum atomic E-state index is 12.8. The highest BCUT2D eigenvalue weighted by molar-refractivity contribution is 6.33. The molecule has 1 amide bonds. The van der Waals surface area contributed by atoms with Gasteiger partial charge in [-0.25, -0.2) is 0 Å². The SMILES string of the molecule is CC(CN)C(=O)NCc1nnc2c(Cl)cc(C(F)(F)F)cn12. The summed E-state index contributed by atoms with van der Waals surface area (Å²) in [6.45, 7) is 1.72. The first-order valence-corrected chi connectivity index (χ1v) is 6.70. The Hall–Kier alpha value is -1.87. The van der Waals surface area contributed by atoms with Crippen molar-refractivity contribution in [1.82, 2.24) is 19.9 Å². The molecule has 0 aromatic carbocycles. The Morgan fingerprint density at radius 2 is 2.18 bits per heavy atom. The number of hydrogen-bond acceptors (Lipinski definition) is 4. The van der Waals surface area contributed by atoms with Gasteiger partial charge in [0.15, 0.2) is 11.5 Å². The molecule has 2 heterocycles. The van der Waals surface area contributed by atoms with E-state index in [0.717, 1.165) is 16.7 Å². The van der Waals surface area contributed by atoms with Crippen LogP contribution in [0.2, 0.25) is 5.02 Å². The number of aromatic nitrogens is 3. The highest BCUT2D eigenvalue weighted by Gasteiger charge is 2.32. The van der Waals surface area contributed by atoms with Crippen LogP contribution in [0.1, 0.15) is 18.3 Å². The monoisotopic (exact) mass is 335 g/mol. The number of pyridine rings is 1. The van der Waals surface area contributed by atoms with Crippen molar-refractivity contribution in [2.45, 2.75) is 19.6 Å². The Morgan fingerprint density at radius 3 is 2.77 bits per heavy atom. The fraction of sp³-hybridized carbons (Fsp3) is 0.417. The van der Waals surface area contributed by atoms with Gasteiger partial charge in [0, 0.05) is 18.7 Å². The summed E-state index contributed by atoms with van der Waals surface area (Å²) in [6, 6.07) is 0.782. The maximum Gasteiger partial charge on any atom is 0.417 e. The summed E-state index contributed by atoms with van der Waals surface area (Å²) in [5.41, 5.74) is 4.53. The molecule has 1 unspecified atom stereocenters. The summed E-state index contributed by atoms with van der Waals surface area (Å²) in [5.74, 6) is -0.591. The van der Waals surface area contributed by atoms with E-state index in [1.807, 2.05) is 0 Å². The number of halogens is 4. The molecule has 0 bridgehead atoms. The van der Waals surface area contributed by atoms with E-state index in [1.54, 1.807) is 6.92 Å². The number of fused-ring (bicyclic) bond motifs is 1. The van der Waals surface area contributed by atoms with Crippen molar-refractivity contribution < 1.29 is 18.0 Å². The fourth-order valence-corrected chi connectivity index (χ4v) is 1.97. The van der Waals surface area contributed by atoms with Crippen LogP contribution in [-0.2, 0) is 17.5 Å². The first-order valence-electron chi connectivity index (χ1n) is 6.32. The van der Waals surface area contributed by atoms with Crippen molar-refractivity contribution in [1.29, 1.82) is 0 Å². The van der Waals surface area contributed by atoms with Gasteiger partial charge in [-0.05, 0) is 6.07 Å². The molecule has 0 saturated carbocycles. The van der Waals surface area contributed by atoms with Gasteiger partial charge in [-0.1, -0.05) is 18.5 Å². The smallest absolute Gasteiger partial charge is 0.349 e. The maximum absolute atomic E-state index is 12.8. The van der Waals surface area contributed by atoms with E-state index in [4.69, 9.17) is 17.3 Å².